The van der Waals surface area contributed by atoms with E-state index < -0.39 is 0 Å². The first-order valence-electron chi connectivity index (χ1n) is 10.2. The smallest absolute Gasteiger partial charge is 0.162 e. The number of hydrogen-bond acceptors (Lipinski definition) is 5. The van der Waals surface area contributed by atoms with Gasteiger partial charge >= 0.3 is 0 Å². The molecule has 5 heteroatoms. The van der Waals surface area contributed by atoms with Crippen molar-refractivity contribution in [1.29, 1.82) is 0 Å². The van der Waals surface area contributed by atoms with E-state index in [1.807, 2.05) is 30.3 Å². The predicted molar refractivity (Wildman–Crippen MR) is 117 cm³/mol. The van der Waals surface area contributed by atoms with Gasteiger partial charge in [0, 0.05) is 40.9 Å². The van der Waals surface area contributed by atoms with Gasteiger partial charge in [0.25, 0.3) is 0 Å². The molecule has 3 aromatic rings. The summed E-state index contributed by atoms with van der Waals surface area (Å²) in [6.45, 7) is 4.27. The Morgan fingerprint density at radius 1 is 1.17 bits per heavy atom. The van der Waals surface area contributed by atoms with Gasteiger partial charge in [0.1, 0.15) is 0 Å². The zero-order chi connectivity index (χ0) is 21.0. The van der Waals surface area contributed by atoms with E-state index in [1.165, 1.54) is 7.11 Å². The van der Waals surface area contributed by atoms with Crippen LogP contribution in [-0.2, 0) is 4.79 Å². The first kappa shape index (κ1) is 18.7. The van der Waals surface area contributed by atoms with Crippen LogP contribution in [0.3, 0.4) is 0 Å². The van der Waals surface area contributed by atoms with Gasteiger partial charge in [-0.25, -0.2) is 0 Å². The molecule has 0 saturated heterocycles. The molecule has 0 spiro atoms. The van der Waals surface area contributed by atoms with Crippen LogP contribution in [-0.4, -0.2) is 23.0 Å². The van der Waals surface area contributed by atoms with Crippen molar-refractivity contribution in [3.05, 3.63) is 71.1 Å². The monoisotopic (exact) mass is 400 g/mol. The number of aromatic nitrogens is 1. The molecule has 0 saturated carbocycles. The second-order valence-corrected chi connectivity index (χ2v) is 8.92. The highest BCUT2D eigenvalue weighted by molar-refractivity contribution is 6.04. The third-order valence-corrected chi connectivity index (χ3v) is 6.15. The van der Waals surface area contributed by atoms with Gasteiger partial charge in [-0.3, -0.25) is 9.78 Å². The number of rotatable bonds is 2. The molecule has 5 rings (SSSR count). The number of fused-ring (bicyclic) bond motifs is 3. The average molecular weight is 400 g/mol. The Morgan fingerprint density at radius 2 is 2.00 bits per heavy atom. The molecule has 5 nitrogen and oxygen atoms in total. The van der Waals surface area contributed by atoms with E-state index in [4.69, 9.17) is 4.74 Å². The summed E-state index contributed by atoms with van der Waals surface area (Å²) >= 11 is 0. The molecule has 0 radical (unpaired) electrons. The lowest BCUT2D eigenvalue weighted by molar-refractivity contribution is -0.118. The Labute approximate surface area is 175 Å². The van der Waals surface area contributed by atoms with Crippen molar-refractivity contribution in [2.75, 3.05) is 12.4 Å². The van der Waals surface area contributed by atoms with Crippen LogP contribution in [0.5, 0.6) is 11.5 Å². The standard InChI is InChI=1S/C25H24N2O3/c1-25(2)12-18-24(20(29)13-25)22(14-6-9-19(28)21(11-14)30-3)23-15-5-4-10-26-16(15)7-8-17(23)27-18/h4-11,22,27-28H,12-13H2,1-3H3. The van der Waals surface area contributed by atoms with Crippen LogP contribution in [0.15, 0.2) is 59.9 Å². The van der Waals surface area contributed by atoms with Crippen LogP contribution < -0.4 is 10.1 Å². The molecule has 152 valence electrons. The molecular formula is C25H24N2O3. The number of allylic oxidation sites excluding steroid dienone is 2. The van der Waals surface area contributed by atoms with Crippen molar-refractivity contribution in [1.82, 2.24) is 4.98 Å². The number of carbonyl (C=O) groups is 1. The number of ether oxygens (including phenoxy) is 1. The van der Waals surface area contributed by atoms with E-state index in [1.54, 1.807) is 12.3 Å². The van der Waals surface area contributed by atoms with Crippen molar-refractivity contribution in [2.45, 2.75) is 32.6 Å². The van der Waals surface area contributed by atoms with Gasteiger partial charge in [-0.2, -0.15) is 0 Å². The molecule has 0 fully saturated rings. The molecule has 0 bridgehead atoms. The fourth-order valence-electron chi connectivity index (χ4n) is 4.89. The largest absolute Gasteiger partial charge is 0.504 e. The molecule has 2 heterocycles. The number of nitrogens with one attached hydrogen (secondary N) is 1. The molecule has 1 atom stereocenters. The summed E-state index contributed by atoms with van der Waals surface area (Å²) in [6.07, 6.45) is 3.10. The van der Waals surface area contributed by atoms with E-state index >= 15 is 0 Å². The molecule has 2 aliphatic rings. The summed E-state index contributed by atoms with van der Waals surface area (Å²) < 4.78 is 5.37. The third kappa shape index (κ3) is 2.84. The minimum Gasteiger partial charge on any atom is -0.504 e. The predicted octanol–water partition coefficient (Wildman–Crippen LogP) is 5.15. The number of phenols is 1. The first-order chi connectivity index (χ1) is 14.4. The molecule has 2 N–H and O–H groups in total. The quantitative estimate of drug-likeness (QED) is 0.622. The van der Waals surface area contributed by atoms with Gasteiger partial charge in [-0.1, -0.05) is 26.0 Å². The zero-order valence-corrected chi connectivity index (χ0v) is 17.3. The summed E-state index contributed by atoms with van der Waals surface area (Å²) in [7, 11) is 1.54. The molecule has 2 aromatic carbocycles. The van der Waals surface area contributed by atoms with Gasteiger partial charge in [0.15, 0.2) is 17.3 Å². The molecule has 0 amide bonds. The summed E-state index contributed by atoms with van der Waals surface area (Å²) in [5.41, 5.74) is 5.56. The Hall–Kier alpha value is -3.34. The van der Waals surface area contributed by atoms with Crippen molar-refractivity contribution in [3.63, 3.8) is 0 Å². The summed E-state index contributed by atoms with van der Waals surface area (Å²) in [4.78, 5) is 17.9. The summed E-state index contributed by atoms with van der Waals surface area (Å²) in [5, 5.41) is 14.7. The molecule has 30 heavy (non-hydrogen) atoms. The van der Waals surface area contributed by atoms with Crippen LogP contribution in [0, 0.1) is 5.41 Å². The van der Waals surface area contributed by atoms with Crippen molar-refractivity contribution < 1.29 is 14.6 Å². The van der Waals surface area contributed by atoms with E-state index in [9.17, 15) is 9.90 Å². The van der Waals surface area contributed by atoms with Gasteiger partial charge in [-0.15, -0.1) is 0 Å². The lowest BCUT2D eigenvalue weighted by Gasteiger charge is -2.40. The Balaban J connectivity index is 1.82. The maximum absolute atomic E-state index is 13.4. The number of ketones is 1. The van der Waals surface area contributed by atoms with Gasteiger partial charge in [0.05, 0.1) is 12.6 Å². The summed E-state index contributed by atoms with van der Waals surface area (Å²) in [5.74, 6) is 0.400. The number of anilines is 1. The van der Waals surface area contributed by atoms with E-state index in [0.29, 0.717) is 12.2 Å². The number of hydrogen-bond donors (Lipinski definition) is 2. The number of benzene rings is 2. The van der Waals surface area contributed by atoms with Crippen LogP contribution in [0.25, 0.3) is 10.9 Å². The van der Waals surface area contributed by atoms with Gasteiger partial charge in [0.2, 0.25) is 0 Å². The van der Waals surface area contributed by atoms with Crippen molar-refractivity contribution in [2.24, 2.45) is 5.41 Å². The molecule has 1 aromatic heterocycles. The molecular weight excluding hydrogens is 376 g/mol. The van der Waals surface area contributed by atoms with E-state index in [-0.39, 0.29) is 22.9 Å². The average Bonchev–Trinajstić information content (AvgIpc) is 2.71. The van der Waals surface area contributed by atoms with Crippen LogP contribution in [0.1, 0.15) is 43.7 Å². The minimum atomic E-state index is -0.248. The Morgan fingerprint density at radius 3 is 2.80 bits per heavy atom. The van der Waals surface area contributed by atoms with Crippen LogP contribution >= 0.6 is 0 Å². The topological polar surface area (TPSA) is 71.5 Å². The Bertz CT molecular complexity index is 1230. The summed E-state index contributed by atoms with van der Waals surface area (Å²) in [6, 6.07) is 13.4. The molecule has 1 unspecified atom stereocenters. The second kappa shape index (κ2) is 6.59. The van der Waals surface area contributed by atoms with E-state index in [2.05, 4.69) is 30.2 Å². The number of phenolic OH excluding ortho intramolecular Hbond substituents is 1. The second-order valence-electron chi connectivity index (χ2n) is 8.92. The highest BCUT2D eigenvalue weighted by Crippen LogP contribution is 2.51. The lowest BCUT2D eigenvalue weighted by Crippen LogP contribution is -2.33. The SMILES string of the molecule is COc1cc(C2C3=C(CC(C)(C)CC3=O)Nc3ccc4ncccc4c32)ccc1O. The minimum absolute atomic E-state index is 0.0836. The van der Waals surface area contributed by atoms with Crippen molar-refractivity contribution >= 4 is 22.4 Å². The van der Waals surface area contributed by atoms with E-state index in [0.717, 1.165) is 45.4 Å². The fraction of sp³-hybridized carbons (Fsp3) is 0.280. The number of methoxy groups -OCH3 is 1. The maximum Gasteiger partial charge on any atom is 0.162 e. The number of pyridine rings is 1. The Kier molecular flexibility index (Phi) is 4.10. The van der Waals surface area contributed by atoms with Crippen molar-refractivity contribution in [3.8, 4) is 11.5 Å². The van der Waals surface area contributed by atoms with Crippen LogP contribution in [0.2, 0.25) is 0 Å². The number of Topliss-reactive ketones (excluding diaryl/α,β-unsaturated/α-hetero) is 1. The zero-order valence-electron chi connectivity index (χ0n) is 17.3. The first-order valence-corrected chi connectivity index (χ1v) is 10.2. The van der Waals surface area contributed by atoms with Crippen LogP contribution in [0.4, 0.5) is 5.69 Å². The van der Waals surface area contributed by atoms with Gasteiger partial charge < -0.3 is 15.2 Å². The number of nitrogens with zero attached hydrogens (tertiary/aromatic N) is 1. The lowest BCUT2D eigenvalue weighted by atomic mass is 9.68. The highest BCUT2D eigenvalue weighted by atomic mass is 16.5. The fourth-order valence-corrected chi connectivity index (χ4v) is 4.89. The highest BCUT2D eigenvalue weighted by Gasteiger charge is 2.41. The third-order valence-electron chi connectivity index (χ3n) is 6.15. The molecule has 1 aliphatic carbocycles. The number of carbonyl (C=O) groups excluding carboxylic acids is 1. The van der Waals surface area contributed by atoms with Gasteiger partial charge in [-0.05, 0) is 53.3 Å². The number of aromatic hydroxyl groups is 1. The normalized spacial score (nSPS) is 19.8. The maximum atomic E-state index is 13.4. The molecule has 1 aliphatic heterocycles.